The molecule has 0 saturated heterocycles. The van der Waals surface area contributed by atoms with E-state index in [1.54, 1.807) is 10.4 Å². The van der Waals surface area contributed by atoms with Crippen LogP contribution in [-0.2, 0) is 9.59 Å². The van der Waals surface area contributed by atoms with Crippen LogP contribution in [0.5, 0.6) is 0 Å². The highest BCUT2D eigenvalue weighted by Gasteiger charge is 2.16. The summed E-state index contributed by atoms with van der Waals surface area (Å²) >= 11 is 2.95. The molecule has 2 aromatic heterocycles. The predicted molar refractivity (Wildman–Crippen MR) is 90.9 cm³/mol. The molecule has 0 aliphatic heterocycles. The van der Waals surface area contributed by atoms with Crippen LogP contribution in [0, 0.1) is 6.92 Å². The number of amides is 2. The predicted octanol–water partition coefficient (Wildman–Crippen LogP) is 0.637. The number of rotatable bonds is 8. The molecule has 0 atom stereocenters. The first-order valence-electron chi connectivity index (χ1n) is 6.90. The van der Waals surface area contributed by atoms with Crippen LogP contribution in [0.1, 0.15) is 18.5 Å². The van der Waals surface area contributed by atoms with E-state index in [1.807, 2.05) is 12.3 Å². The maximum absolute atomic E-state index is 11.3. The molecule has 0 aromatic carbocycles. The minimum Gasteiger partial charge on any atom is -0.368 e. The minimum atomic E-state index is -0.445. The fourth-order valence-electron chi connectivity index (χ4n) is 1.99. The Morgan fingerprint density at radius 3 is 2.78 bits per heavy atom. The summed E-state index contributed by atoms with van der Waals surface area (Å²) in [6, 6.07) is 0. The zero-order valence-corrected chi connectivity index (χ0v) is 14.2. The van der Waals surface area contributed by atoms with Crippen molar-refractivity contribution < 1.29 is 9.59 Å². The number of nitrogens with one attached hydrogen (secondary N) is 1. The van der Waals surface area contributed by atoms with Gasteiger partial charge in [0.25, 0.3) is 0 Å². The molecule has 0 bridgehead atoms. The molecular formula is C13H18N6O2S2. The van der Waals surface area contributed by atoms with E-state index < -0.39 is 5.91 Å². The summed E-state index contributed by atoms with van der Waals surface area (Å²) in [4.78, 5) is 34.0. The third kappa shape index (κ3) is 4.71. The Morgan fingerprint density at radius 1 is 1.39 bits per heavy atom. The first kappa shape index (κ1) is 17.3. The maximum Gasteiger partial charge on any atom is 0.237 e. The monoisotopic (exact) mass is 354 g/mol. The van der Waals surface area contributed by atoms with Gasteiger partial charge in [-0.2, -0.15) is 0 Å². The van der Waals surface area contributed by atoms with Crippen molar-refractivity contribution in [3.05, 3.63) is 16.6 Å². The lowest BCUT2D eigenvalue weighted by molar-refractivity contribution is -0.121. The van der Waals surface area contributed by atoms with Crippen LogP contribution in [0.4, 0.5) is 5.13 Å². The number of hydrazine groups is 1. The summed E-state index contributed by atoms with van der Waals surface area (Å²) in [6.07, 6.45) is 0.822. The zero-order chi connectivity index (χ0) is 16.8. The molecule has 0 saturated carbocycles. The van der Waals surface area contributed by atoms with E-state index in [1.165, 1.54) is 22.7 Å². The second-order valence-electron chi connectivity index (χ2n) is 4.84. The average Bonchev–Trinajstić information content (AvgIpc) is 3.14. The number of carbonyl (C=O) groups excluding carboxylic acids is 2. The van der Waals surface area contributed by atoms with Crippen LogP contribution < -0.4 is 21.9 Å². The Hall–Kier alpha value is -2.04. The number of hydrogen-bond donors (Lipinski definition) is 3. The molecule has 0 spiro atoms. The van der Waals surface area contributed by atoms with Gasteiger partial charge in [-0.05, 0) is 13.3 Å². The molecule has 2 aromatic rings. The minimum absolute atomic E-state index is 0.0544. The van der Waals surface area contributed by atoms with E-state index in [0.29, 0.717) is 18.1 Å². The number of nitrogens with zero attached hydrogens (tertiary/aromatic N) is 3. The quantitative estimate of drug-likeness (QED) is 0.363. The SMILES string of the molecule is Cc1ncsc1-c1csc(N(CCCC(=O)NN)CC(N)=O)n1. The van der Waals surface area contributed by atoms with Gasteiger partial charge in [-0.25, -0.2) is 15.8 Å². The molecule has 124 valence electrons. The number of aromatic nitrogens is 2. The van der Waals surface area contributed by atoms with E-state index in [-0.39, 0.29) is 18.9 Å². The van der Waals surface area contributed by atoms with Crippen LogP contribution in [0.15, 0.2) is 10.9 Å². The van der Waals surface area contributed by atoms with E-state index in [9.17, 15) is 9.59 Å². The Bertz CT molecular complexity index is 684. The second-order valence-corrected chi connectivity index (χ2v) is 6.53. The van der Waals surface area contributed by atoms with Crippen LogP contribution in [-0.4, -0.2) is 34.9 Å². The number of nitrogens with two attached hydrogens (primary N) is 2. The van der Waals surface area contributed by atoms with Crippen LogP contribution >= 0.6 is 22.7 Å². The van der Waals surface area contributed by atoms with Crippen molar-refractivity contribution in [2.75, 3.05) is 18.0 Å². The van der Waals surface area contributed by atoms with E-state index in [2.05, 4.69) is 15.4 Å². The van der Waals surface area contributed by atoms with Gasteiger partial charge in [0.05, 0.1) is 28.3 Å². The molecular weight excluding hydrogens is 336 g/mol. The fourth-order valence-corrected chi connectivity index (χ4v) is 3.68. The van der Waals surface area contributed by atoms with Gasteiger partial charge in [0.15, 0.2) is 5.13 Å². The highest BCUT2D eigenvalue weighted by molar-refractivity contribution is 7.15. The van der Waals surface area contributed by atoms with Crippen LogP contribution in [0.3, 0.4) is 0 Å². The van der Waals surface area contributed by atoms with Crippen molar-refractivity contribution in [2.45, 2.75) is 19.8 Å². The lowest BCUT2D eigenvalue weighted by atomic mass is 10.3. The molecule has 10 heteroatoms. The second kappa shape index (κ2) is 7.99. The van der Waals surface area contributed by atoms with E-state index in [4.69, 9.17) is 11.6 Å². The van der Waals surface area contributed by atoms with Gasteiger partial charge in [0, 0.05) is 18.3 Å². The highest BCUT2D eigenvalue weighted by Crippen LogP contribution is 2.31. The third-order valence-electron chi connectivity index (χ3n) is 3.08. The van der Waals surface area contributed by atoms with Gasteiger partial charge >= 0.3 is 0 Å². The summed E-state index contributed by atoms with van der Waals surface area (Å²) < 4.78 is 0. The average molecular weight is 354 g/mol. The van der Waals surface area contributed by atoms with Gasteiger partial charge in [-0.1, -0.05) is 0 Å². The molecule has 23 heavy (non-hydrogen) atoms. The lowest BCUT2D eigenvalue weighted by Gasteiger charge is -2.19. The Balaban J connectivity index is 2.09. The topological polar surface area (TPSA) is 127 Å². The van der Waals surface area contributed by atoms with Crippen LogP contribution in [0.25, 0.3) is 10.6 Å². The summed E-state index contributed by atoms with van der Waals surface area (Å²) in [5, 5.41) is 2.62. The fraction of sp³-hybridized carbons (Fsp3) is 0.385. The number of anilines is 1. The summed E-state index contributed by atoms with van der Waals surface area (Å²) in [7, 11) is 0. The zero-order valence-electron chi connectivity index (χ0n) is 12.6. The Morgan fingerprint density at radius 2 is 2.17 bits per heavy atom. The van der Waals surface area contributed by atoms with Gasteiger partial charge < -0.3 is 10.6 Å². The first-order chi connectivity index (χ1) is 11.0. The highest BCUT2D eigenvalue weighted by atomic mass is 32.1. The molecule has 8 nitrogen and oxygen atoms in total. The number of primary amides is 1. The van der Waals surface area contributed by atoms with Crippen molar-refractivity contribution in [3.63, 3.8) is 0 Å². The van der Waals surface area contributed by atoms with Gasteiger partial charge in [0.2, 0.25) is 11.8 Å². The summed E-state index contributed by atoms with van der Waals surface area (Å²) in [5.74, 6) is 4.36. The van der Waals surface area contributed by atoms with Crippen molar-refractivity contribution in [2.24, 2.45) is 11.6 Å². The molecule has 5 N–H and O–H groups in total. The largest absolute Gasteiger partial charge is 0.368 e. The lowest BCUT2D eigenvalue weighted by Crippen LogP contribution is -2.35. The Kier molecular flexibility index (Phi) is 6.02. The van der Waals surface area contributed by atoms with Crippen LogP contribution in [0.2, 0.25) is 0 Å². The van der Waals surface area contributed by atoms with E-state index >= 15 is 0 Å². The van der Waals surface area contributed by atoms with Crippen molar-refractivity contribution in [3.8, 4) is 10.6 Å². The third-order valence-corrected chi connectivity index (χ3v) is 4.93. The van der Waals surface area contributed by atoms with Crippen molar-refractivity contribution in [1.82, 2.24) is 15.4 Å². The number of carbonyl (C=O) groups is 2. The molecule has 0 fully saturated rings. The van der Waals surface area contributed by atoms with Gasteiger partial charge in [0.1, 0.15) is 0 Å². The van der Waals surface area contributed by atoms with Crippen molar-refractivity contribution in [1.29, 1.82) is 0 Å². The normalized spacial score (nSPS) is 10.5. The number of hydrogen-bond acceptors (Lipinski definition) is 8. The summed E-state index contributed by atoms with van der Waals surface area (Å²) in [6.45, 7) is 2.47. The number of aryl methyl sites for hydroxylation is 1. The molecule has 0 aliphatic rings. The molecule has 0 unspecified atom stereocenters. The van der Waals surface area contributed by atoms with Gasteiger partial charge in [-0.15, -0.1) is 22.7 Å². The molecule has 2 rings (SSSR count). The Labute approximate surface area is 141 Å². The standard InChI is InChI=1S/C13H18N6O2S2/c1-8-12(23-7-16-8)9-6-22-13(17-9)19(5-10(14)20)4-2-3-11(21)18-15/h6-7H,2-5,15H2,1H3,(H2,14,20)(H,18,21). The molecule has 2 amide bonds. The van der Waals surface area contributed by atoms with Gasteiger partial charge in [-0.3, -0.25) is 15.0 Å². The number of thiazole rings is 2. The van der Waals surface area contributed by atoms with E-state index in [0.717, 1.165) is 16.3 Å². The molecule has 2 heterocycles. The smallest absolute Gasteiger partial charge is 0.237 e. The molecule has 0 radical (unpaired) electrons. The summed E-state index contributed by atoms with van der Waals surface area (Å²) in [5.41, 5.74) is 10.9. The molecule has 0 aliphatic carbocycles. The first-order valence-corrected chi connectivity index (χ1v) is 8.66. The van der Waals surface area contributed by atoms with Crippen molar-refractivity contribution >= 4 is 39.6 Å². The maximum atomic E-state index is 11.3.